The van der Waals surface area contributed by atoms with Crippen molar-refractivity contribution in [1.82, 2.24) is 10.6 Å². The number of benzene rings is 1. The molecule has 0 spiro atoms. The van der Waals surface area contributed by atoms with Crippen LogP contribution < -0.4 is 10.6 Å². The van der Waals surface area contributed by atoms with Gasteiger partial charge in [-0.1, -0.05) is 30.3 Å². The van der Waals surface area contributed by atoms with E-state index in [-0.39, 0.29) is 13.2 Å². The lowest BCUT2D eigenvalue weighted by molar-refractivity contribution is -0.167. The van der Waals surface area contributed by atoms with Crippen molar-refractivity contribution in [1.29, 1.82) is 0 Å². The number of ether oxygens (including phenoxy) is 1. The molecule has 5 N–H and O–H groups in total. The number of carboxylic acids is 2. The standard InChI is InChI=1S/C17H22N2O8/c1-27-10-12(15(23)18-9-11-5-3-2-4-6-11)19-13(20)7-17(26,16(24)25)8-14(21)22/h2-6,12,26H,7-10H2,1H3,(H,18,23)(H,19,20)(H,21,22)(H,24,25)/t12-,17?/m1/s1. The van der Waals surface area contributed by atoms with Crippen LogP contribution in [0.4, 0.5) is 0 Å². The van der Waals surface area contributed by atoms with Crippen LogP contribution in [0.1, 0.15) is 18.4 Å². The van der Waals surface area contributed by atoms with Gasteiger partial charge in [0.15, 0.2) is 5.60 Å². The number of carboxylic acid groups (broad SMARTS) is 2. The maximum Gasteiger partial charge on any atom is 0.336 e. The summed E-state index contributed by atoms with van der Waals surface area (Å²) in [5.74, 6) is -5.01. The van der Waals surface area contributed by atoms with E-state index in [1.54, 1.807) is 24.3 Å². The number of amides is 2. The molecule has 0 bridgehead atoms. The topological polar surface area (TPSA) is 162 Å². The zero-order valence-electron chi connectivity index (χ0n) is 14.7. The SMILES string of the molecule is COC[C@@H](NC(=O)CC(O)(CC(=O)O)C(=O)O)C(=O)NCc1ccccc1. The van der Waals surface area contributed by atoms with E-state index in [4.69, 9.17) is 14.9 Å². The third-order valence-electron chi connectivity index (χ3n) is 3.59. The average molecular weight is 382 g/mol. The average Bonchev–Trinajstić information content (AvgIpc) is 2.59. The zero-order valence-corrected chi connectivity index (χ0v) is 14.7. The van der Waals surface area contributed by atoms with Crippen molar-refractivity contribution in [3.8, 4) is 0 Å². The molecule has 0 fully saturated rings. The van der Waals surface area contributed by atoms with Crippen LogP contribution in [0.25, 0.3) is 0 Å². The van der Waals surface area contributed by atoms with Crippen LogP contribution >= 0.6 is 0 Å². The summed E-state index contributed by atoms with van der Waals surface area (Å²) in [5, 5.41) is 32.4. The van der Waals surface area contributed by atoms with Crippen LogP contribution in [0.15, 0.2) is 30.3 Å². The van der Waals surface area contributed by atoms with E-state index in [1.807, 2.05) is 6.07 Å². The van der Waals surface area contributed by atoms with Crippen LogP contribution in [-0.4, -0.2) is 64.4 Å². The van der Waals surface area contributed by atoms with E-state index >= 15 is 0 Å². The van der Waals surface area contributed by atoms with Crippen molar-refractivity contribution in [3.05, 3.63) is 35.9 Å². The van der Waals surface area contributed by atoms with Gasteiger partial charge in [0.2, 0.25) is 11.8 Å². The fourth-order valence-electron chi connectivity index (χ4n) is 2.23. The Labute approximate surface area is 155 Å². The molecule has 1 unspecified atom stereocenters. The lowest BCUT2D eigenvalue weighted by Crippen LogP contribution is -2.52. The van der Waals surface area contributed by atoms with Crippen molar-refractivity contribution in [2.75, 3.05) is 13.7 Å². The summed E-state index contributed by atoms with van der Waals surface area (Å²) in [6.45, 7) is 0.00459. The fourth-order valence-corrected chi connectivity index (χ4v) is 2.23. The van der Waals surface area contributed by atoms with Crippen LogP contribution in [-0.2, 0) is 30.5 Å². The second-order valence-corrected chi connectivity index (χ2v) is 5.86. The third-order valence-corrected chi connectivity index (χ3v) is 3.59. The first kappa shape index (κ1) is 22.1. The molecule has 0 aliphatic heterocycles. The van der Waals surface area contributed by atoms with Gasteiger partial charge in [-0.2, -0.15) is 0 Å². The number of carbonyl (C=O) groups is 4. The molecule has 1 rings (SSSR count). The zero-order chi connectivity index (χ0) is 20.4. The van der Waals surface area contributed by atoms with Crippen molar-refractivity contribution >= 4 is 23.8 Å². The van der Waals surface area contributed by atoms with Gasteiger partial charge >= 0.3 is 11.9 Å². The van der Waals surface area contributed by atoms with E-state index in [9.17, 15) is 24.3 Å². The molecule has 1 aromatic rings. The molecule has 27 heavy (non-hydrogen) atoms. The number of hydrogen-bond donors (Lipinski definition) is 5. The van der Waals surface area contributed by atoms with Gasteiger partial charge in [-0.15, -0.1) is 0 Å². The van der Waals surface area contributed by atoms with Gasteiger partial charge in [-0.05, 0) is 5.56 Å². The van der Waals surface area contributed by atoms with Gasteiger partial charge in [0.1, 0.15) is 6.04 Å². The van der Waals surface area contributed by atoms with Gasteiger partial charge in [0.05, 0.1) is 19.4 Å². The van der Waals surface area contributed by atoms with Crippen molar-refractivity contribution in [2.24, 2.45) is 0 Å². The highest BCUT2D eigenvalue weighted by atomic mass is 16.5. The second-order valence-electron chi connectivity index (χ2n) is 5.86. The molecule has 148 valence electrons. The van der Waals surface area contributed by atoms with Gasteiger partial charge in [0, 0.05) is 13.7 Å². The van der Waals surface area contributed by atoms with Gasteiger partial charge < -0.3 is 30.7 Å². The predicted octanol–water partition coefficient (Wildman–Crippen LogP) is -0.885. The van der Waals surface area contributed by atoms with Crippen LogP contribution in [0.2, 0.25) is 0 Å². The molecular weight excluding hydrogens is 360 g/mol. The Morgan fingerprint density at radius 1 is 1.11 bits per heavy atom. The molecular formula is C17H22N2O8. The Bertz CT molecular complexity index is 679. The molecule has 10 nitrogen and oxygen atoms in total. The summed E-state index contributed by atoms with van der Waals surface area (Å²) in [5.41, 5.74) is -1.95. The molecule has 0 aliphatic carbocycles. The normalized spacial score (nSPS) is 13.9. The molecule has 0 aromatic heterocycles. The summed E-state index contributed by atoms with van der Waals surface area (Å²) in [6.07, 6.45) is -2.19. The first-order valence-corrected chi connectivity index (χ1v) is 7.95. The maximum atomic E-state index is 12.2. The Morgan fingerprint density at radius 2 is 1.74 bits per heavy atom. The van der Waals surface area contributed by atoms with Crippen LogP contribution in [0, 0.1) is 0 Å². The Balaban J connectivity index is 2.71. The van der Waals surface area contributed by atoms with E-state index in [2.05, 4.69) is 10.6 Å². The lowest BCUT2D eigenvalue weighted by Gasteiger charge is -2.23. The Kier molecular flexibility index (Phi) is 8.36. The number of nitrogens with one attached hydrogen (secondary N) is 2. The van der Waals surface area contributed by atoms with E-state index in [0.29, 0.717) is 0 Å². The summed E-state index contributed by atoms with van der Waals surface area (Å²) in [6, 6.07) is 7.86. The quantitative estimate of drug-likeness (QED) is 0.329. The van der Waals surface area contributed by atoms with Crippen molar-refractivity contribution < 1.29 is 39.2 Å². The molecule has 0 saturated heterocycles. The Hall–Kier alpha value is -2.98. The highest BCUT2D eigenvalue weighted by Gasteiger charge is 2.41. The second kappa shape index (κ2) is 10.2. The number of carbonyl (C=O) groups excluding carboxylic acids is 2. The van der Waals surface area contributed by atoms with Crippen molar-refractivity contribution in [3.63, 3.8) is 0 Å². The summed E-state index contributed by atoms with van der Waals surface area (Å²) in [7, 11) is 1.31. The molecule has 0 saturated carbocycles. The fraction of sp³-hybridized carbons (Fsp3) is 0.412. The largest absolute Gasteiger partial charge is 0.481 e. The van der Waals surface area contributed by atoms with E-state index in [0.717, 1.165) is 5.56 Å². The number of rotatable bonds is 11. The lowest BCUT2D eigenvalue weighted by atomic mass is 9.95. The summed E-state index contributed by atoms with van der Waals surface area (Å²) in [4.78, 5) is 46.1. The molecule has 0 radical (unpaired) electrons. The summed E-state index contributed by atoms with van der Waals surface area (Å²) < 4.78 is 4.87. The predicted molar refractivity (Wildman–Crippen MR) is 91.6 cm³/mol. The van der Waals surface area contributed by atoms with E-state index < -0.39 is 48.2 Å². The van der Waals surface area contributed by atoms with Crippen LogP contribution in [0.3, 0.4) is 0 Å². The van der Waals surface area contributed by atoms with Crippen molar-refractivity contribution in [2.45, 2.75) is 31.0 Å². The highest BCUT2D eigenvalue weighted by molar-refractivity contribution is 5.92. The number of aliphatic hydroxyl groups is 1. The highest BCUT2D eigenvalue weighted by Crippen LogP contribution is 2.16. The Morgan fingerprint density at radius 3 is 2.26 bits per heavy atom. The maximum absolute atomic E-state index is 12.2. The minimum atomic E-state index is -2.78. The monoisotopic (exact) mass is 382 g/mol. The first-order valence-electron chi connectivity index (χ1n) is 7.95. The number of hydrogen-bond acceptors (Lipinski definition) is 6. The van der Waals surface area contributed by atoms with Gasteiger partial charge in [-0.3, -0.25) is 14.4 Å². The molecule has 0 heterocycles. The number of methoxy groups -OCH3 is 1. The number of aliphatic carboxylic acids is 2. The molecule has 2 atom stereocenters. The minimum Gasteiger partial charge on any atom is -0.481 e. The van der Waals surface area contributed by atoms with Crippen LogP contribution in [0.5, 0.6) is 0 Å². The molecule has 0 aliphatic rings. The molecule has 10 heteroatoms. The van der Waals surface area contributed by atoms with E-state index in [1.165, 1.54) is 7.11 Å². The molecule has 2 amide bonds. The first-order chi connectivity index (χ1) is 12.7. The summed E-state index contributed by atoms with van der Waals surface area (Å²) >= 11 is 0. The van der Waals surface area contributed by atoms with Gasteiger partial charge in [0.25, 0.3) is 0 Å². The minimum absolute atomic E-state index is 0.198. The van der Waals surface area contributed by atoms with Gasteiger partial charge in [-0.25, -0.2) is 4.79 Å². The smallest absolute Gasteiger partial charge is 0.336 e. The third kappa shape index (κ3) is 7.42. The molecule has 1 aromatic carbocycles.